The van der Waals surface area contributed by atoms with Crippen LogP contribution in [0, 0.1) is 0 Å². The Labute approximate surface area is 383 Å². The van der Waals surface area contributed by atoms with E-state index < -0.39 is 35.3 Å². The Morgan fingerprint density at radius 2 is 0.954 bits per heavy atom. The van der Waals surface area contributed by atoms with Gasteiger partial charge in [-0.15, -0.1) is 0 Å². The number of ether oxygens (including phenoxy) is 2. The van der Waals surface area contributed by atoms with E-state index >= 15 is 0 Å². The van der Waals surface area contributed by atoms with Gasteiger partial charge in [0.25, 0.3) is 0 Å². The molecule has 6 rings (SSSR count). The van der Waals surface area contributed by atoms with Gasteiger partial charge in [0.2, 0.25) is 0 Å². The number of hydrogen-bond donors (Lipinski definition) is 2. The first-order valence-electron chi connectivity index (χ1n) is 20.9. The van der Waals surface area contributed by atoms with Crippen LogP contribution in [0.4, 0.5) is 4.79 Å². The van der Waals surface area contributed by atoms with E-state index in [-0.39, 0.29) is 57.6 Å². The van der Waals surface area contributed by atoms with E-state index in [1.54, 1.807) is 18.2 Å². The molecule has 0 aliphatic rings. The highest BCUT2D eigenvalue weighted by Gasteiger charge is 2.26. The molecule has 1 amide bonds. The van der Waals surface area contributed by atoms with Crippen LogP contribution in [0.3, 0.4) is 0 Å². The summed E-state index contributed by atoms with van der Waals surface area (Å²) in [6, 6.07) is 51.9. The number of hydrazine groups is 1. The Balaban J connectivity index is 1.27. The number of nitrogens with one attached hydrogen (secondary N) is 2. The second kappa shape index (κ2) is 27.9. The van der Waals surface area contributed by atoms with Gasteiger partial charge in [-0.25, -0.2) is 10.2 Å². The average molecular weight is 915 g/mol. The predicted molar refractivity (Wildman–Crippen MR) is 252 cm³/mol. The van der Waals surface area contributed by atoms with E-state index in [9.17, 15) is 9.59 Å². The highest BCUT2D eigenvalue weighted by Crippen LogP contribution is 2.50. The minimum absolute atomic E-state index is 0.0235. The summed E-state index contributed by atoms with van der Waals surface area (Å²) in [5.74, 6) is -0.0923. The Bertz CT molecular complexity index is 2300. The van der Waals surface area contributed by atoms with Crippen molar-refractivity contribution in [3.8, 4) is 11.5 Å². The molecule has 2 N–H and O–H groups in total. The van der Waals surface area contributed by atoms with Crippen LogP contribution in [0.2, 0.25) is 0 Å². The summed E-state index contributed by atoms with van der Waals surface area (Å²) in [5.41, 5.74) is 10.4. The lowest BCUT2D eigenvalue weighted by Crippen LogP contribution is -2.50. The van der Waals surface area contributed by atoms with Gasteiger partial charge < -0.3 is 18.5 Å². The standard InChI is InChI=1S/C51H52N2O10P2/c1-2-3-4-20-33-58-64(59-38-43-25-14-7-15-26-43)62-48-32-31-46(35-49(48)63-65(60-39-44-27-16-8-17-28-44)61-40-45-29-18-9-19-30-45)34-47(50(54)56-36-41-21-10-5-11-22-41)52-53-51(55)57-37-42-23-12-6-13-24-42/h2-32,35,47,52H,33-34,36-40H2,1H3,(H,53,55)/b3-2+,20-4+. The lowest BCUT2D eigenvalue weighted by molar-refractivity contribution is -0.147. The van der Waals surface area contributed by atoms with Crippen molar-refractivity contribution in [3.05, 3.63) is 228 Å². The third kappa shape index (κ3) is 18.1. The van der Waals surface area contributed by atoms with Crippen LogP contribution in [-0.2, 0) is 71.8 Å². The molecule has 2 unspecified atom stereocenters. The summed E-state index contributed by atoms with van der Waals surface area (Å²) in [5, 5.41) is 0. The van der Waals surface area contributed by atoms with Crippen molar-refractivity contribution in [2.24, 2.45) is 0 Å². The van der Waals surface area contributed by atoms with E-state index in [4.69, 9.17) is 36.6 Å². The molecule has 65 heavy (non-hydrogen) atoms. The van der Waals surface area contributed by atoms with Gasteiger partial charge in [0, 0.05) is 6.42 Å². The maximum Gasteiger partial charge on any atom is 0.421 e. The van der Waals surface area contributed by atoms with Crippen molar-refractivity contribution >= 4 is 29.3 Å². The molecule has 6 aromatic carbocycles. The van der Waals surface area contributed by atoms with Gasteiger partial charge in [0.1, 0.15) is 19.3 Å². The molecule has 0 aromatic heterocycles. The third-order valence-corrected chi connectivity index (χ3v) is 11.2. The molecule has 336 valence electrons. The molecule has 0 aliphatic carbocycles. The number of allylic oxidation sites excluding steroid dienone is 3. The van der Waals surface area contributed by atoms with E-state index in [1.165, 1.54) is 0 Å². The molecule has 0 fully saturated rings. The summed E-state index contributed by atoms with van der Waals surface area (Å²) in [7, 11) is -4.04. The highest BCUT2D eigenvalue weighted by atomic mass is 31.2. The van der Waals surface area contributed by atoms with Gasteiger partial charge in [-0.1, -0.05) is 182 Å². The summed E-state index contributed by atoms with van der Waals surface area (Å²) in [6.07, 6.45) is 6.82. The van der Waals surface area contributed by atoms with Crippen LogP contribution in [-0.4, -0.2) is 24.7 Å². The largest absolute Gasteiger partial charge is 0.460 e. The third-order valence-electron chi connectivity index (χ3n) is 9.12. The van der Waals surface area contributed by atoms with Crippen molar-refractivity contribution < 1.29 is 46.2 Å². The first kappa shape index (κ1) is 48.3. The topological polar surface area (TPSA) is 132 Å². The number of esters is 1. The lowest BCUT2D eigenvalue weighted by Gasteiger charge is -2.23. The molecule has 0 bridgehead atoms. The number of hydrogen-bond acceptors (Lipinski definition) is 11. The Hall–Kier alpha value is -6.20. The van der Waals surface area contributed by atoms with E-state index in [2.05, 4.69) is 10.9 Å². The lowest BCUT2D eigenvalue weighted by atomic mass is 10.1. The molecule has 2 atom stereocenters. The molecule has 0 radical (unpaired) electrons. The molecule has 12 nitrogen and oxygen atoms in total. The van der Waals surface area contributed by atoms with Gasteiger partial charge in [-0.05, 0) is 52.4 Å². The van der Waals surface area contributed by atoms with Gasteiger partial charge in [0.05, 0.1) is 26.4 Å². The second-order valence-electron chi connectivity index (χ2n) is 14.1. The Morgan fingerprint density at radius 3 is 1.45 bits per heavy atom. The second-order valence-corrected chi connectivity index (χ2v) is 16.4. The zero-order valence-corrected chi connectivity index (χ0v) is 37.8. The molecule has 0 aliphatic heterocycles. The normalized spacial score (nSPS) is 12.2. The summed E-state index contributed by atoms with van der Waals surface area (Å²) in [6.45, 7) is 2.84. The van der Waals surface area contributed by atoms with Crippen LogP contribution in [0.15, 0.2) is 194 Å². The molecule has 0 heterocycles. The van der Waals surface area contributed by atoms with Crippen molar-refractivity contribution in [1.82, 2.24) is 10.9 Å². The molecular weight excluding hydrogens is 863 g/mol. The summed E-state index contributed by atoms with van der Waals surface area (Å²) >= 11 is 0. The SMILES string of the molecule is C/C=C/C=C/COP(OCc1ccccc1)Oc1ccc(CC(NNC(=O)OCc2ccccc2)C(=O)OCc2ccccc2)cc1OP(OCc1ccccc1)OCc1ccccc1. The minimum atomic E-state index is -2.06. The smallest absolute Gasteiger partial charge is 0.421 e. The Kier molecular flexibility index (Phi) is 20.7. The first-order chi connectivity index (χ1) is 32.0. The van der Waals surface area contributed by atoms with Crippen LogP contribution in [0.5, 0.6) is 11.5 Å². The van der Waals surface area contributed by atoms with Crippen molar-refractivity contribution in [2.75, 3.05) is 6.61 Å². The van der Waals surface area contributed by atoms with Crippen molar-refractivity contribution in [2.45, 2.75) is 52.4 Å². The zero-order valence-electron chi connectivity index (χ0n) is 36.0. The maximum absolute atomic E-state index is 13.8. The fourth-order valence-electron chi connectivity index (χ4n) is 5.78. The number of amides is 1. The van der Waals surface area contributed by atoms with Crippen LogP contribution < -0.4 is 19.9 Å². The molecule has 6 aromatic rings. The zero-order chi connectivity index (χ0) is 45.2. The maximum atomic E-state index is 13.8. The molecule has 0 spiro atoms. The summed E-state index contributed by atoms with van der Waals surface area (Å²) < 4.78 is 49.3. The quantitative estimate of drug-likeness (QED) is 0.0233. The van der Waals surface area contributed by atoms with Crippen molar-refractivity contribution in [1.29, 1.82) is 0 Å². The number of carbonyl (C=O) groups excluding carboxylic acids is 2. The average Bonchev–Trinajstić information content (AvgIpc) is 3.36. The fourth-order valence-corrected chi connectivity index (χ4v) is 7.73. The van der Waals surface area contributed by atoms with Crippen LogP contribution >= 0.6 is 17.2 Å². The van der Waals surface area contributed by atoms with E-state index in [0.29, 0.717) is 5.56 Å². The minimum Gasteiger partial charge on any atom is -0.460 e. The number of rotatable bonds is 26. The Morgan fingerprint density at radius 1 is 0.508 bits per heavy atom. The monoisotopic (exact) mass is 914 g/mol. The number of benzene rings is 6. The molecular formula is C51H52N2O10P2. The van der Waals surface area contributed by atoms with E-state index in [1.807, 2.05) is 183 Å². The van der Waals surface area contributed by atoms with Gasteiger partial charge in [-0.3, -0.25) is 28.3 Å². The van der Waals surface area contributed by atoms with Crippen molar-refractivity contribution in [3.63, 3.8) is 0 Å². The highest BCUT2D eigenvalue weighted by molar-refractivity contribution is 7.42. The number of carbonyl (C=O) groups is 2. The van der Waals surface area contributed by atoms with Gasteiger partial charge >= 0.3 is 29.3 Å². The van der Waals surface area contributed by atoms with Crippen LogP contribution in [0.1, 0.15) is 40.3 Å². The van der Waals surface area contributed by atoms with E-state index in [0.717, 1.165) is 27.8 Å². The molecule has 0 saturated heterocycles. The van der Waals surface area contributed by atoms with Gasteiger partial charge in [-0.2, -0.15) is 0 Å². The summed E-state index contributed by atoms with van der Waals surface area (Å²) in [4.78, 5) is 26.6. The van der Waals surface area contributed by atoms with Gasteiger partial charge in [0.15, 0.2) is 11.5 Å². The van der Waals surface area contributed by atoms with Crippen LogP contribution in [0.25, 0.3) is 0 Å². The fraction of sp³-hybridized carbons (Fsp3) is 0.176. The molecule has 14 heteroatoms. The first-order valence-corrected chi connectivity index (χ1v) is 23.1. The molecule has 0 saturated carbocycles. The predicted octanol–water partition coefficient (Wildman–Crippen LogP) is 11.8.